The molecule has 0 amide bonds. The molecule has 0 aromatic heterocycles. The number of nitrogens with zero attached hydrogens (tertiary/aromatic N) is 2. The highest BCUT2D eigenvalue weighted by molar-refractivity contribution is 5.56. The Bertz CT molecular complexity index is 350. The third kappa shape index (κ3) is 4.30. The van der Waals surface area contributed by atoms with E-state index >= 15 is 0 Å². The van der Waals surface area contributed by atoms with Gasteiger partial charge in [-0.3, -0.25) is 4.99 Å². The second kappa shape index (κ2) is 6.83. The van der Waals surface area contributed by atoms with Crippen molar-refractivity contribution in [1.82, 2.24) is 4.90 Å². The Morgan fingerprint density at radius 2 is 1.94 bits per heavy atom. The summed E-state index contributed by atoms with van der Waals surface area (Å²) in [5.74, 6) is 0. The molecule has 0 bridgehead atoms. The minimum absolute atomic E-state index is 0.744. The summed E-state index contributed by atoms with van der Waals surface area (Å²) in [6.45, 7) is 7.91. The van der Waals surface area contributed by atoms with E-state index in [0.29, 0.717) is 0 Å². The first-order chi connectivity index (χ1) is 7.76. The molecule has 0 saturated carbocycles. The molecule has 86 valence electrons. The molecule has 0 saturated heterocycles. The molecule has 0 aliphatic rings. The Balaban J connectivity index is 2.50. The van der Waals surface area contributed by atoms with Gasteiger partial charge in [-0.25, -0.2) is 0 Å². The van der Waals surface area contributed by atoms with Crippen LogP contribution in [0.5, 0.6) is 0 Å². The smallest absolute Gasteiger partial charge is 0.0893 e. The lowest BCUT2D eigenvalue weighted by Gasteiger charge is -2.10. The van der Waals surface area contributed by atoms with Crippen molar-refractivity contribution in [3.05, 3.63) is 47.7 Å². The van der Waals surface area contributed by atoms with E-state index in [0.717, 1.165) is 13.1 Å². The first kappa shape index (κ1) is 12.5. The van der Waals surface area contributed by atoms with Crippen molar-refractivity contribution < 1.29 is 0 Å². The van der Waals surface area contributed by atoms with Crippen LogP contribution in [0, 0.1) is 6.92 Å². The molecule has 1 aromatic rings. The van der Waals surface area contributed by atoms with E-state index in [-0.39, 0.29) is 0 Å². The van der Waals surface area contributed by atoms with Crippen LogP contribution >= 0.6 is 0 Å². The van der Waals surface area contributed by atoms with Gasteiger partial charge in [0.2, 0.25) is 0 Å². The van der Waals surface area contributed by atoms with Gasteiger partial charge in [-0.05, 0) is 26.3 Å². The van der Waals surface area contributed by atoms with Gasteiger partial charge in [-0.2, -0.15) is 0 Å². The van der Waals surface area contributed by atoms with Crippen molar-refractivity contribution in [2.75, 3.05) is 6.54 Å². The minimum Gasteiger partial charge on any atom is -0.340 e. The number of hydrogen-bond donors (Lipinski definition) is 0. The average molecular weight is 216 g/mol. The van der Waals surface area contributed by atoms with Gasteiger partial charge >= 0.3 is 0 Å². The van der Waals surface area contributed by atoms with Crippen molar-refractivity contribution in [3.63, 3.8) is 0 Å². The normalized spacial score (nSPS) is 11.4. The number of aryl methyl sites for hydroxylation is 1. The molecule has 0 spiro atoms. The summed E-state index contributed by atoms with van der Waals surface area (Å²) in [6.07, 6.45) is 5.93. The van der Waals surface area contributed by atoms with E-state index in [9.17, 15) is 0 Å². The van der Waals surface area contributed by atoms with Crippen molar-refractivity contribution in [2.24, 2.45) is 4.99 Å². The molecule has 0 aliphatic heterocycles. The minimum atomic E-state index is 0.744. The van der Waals surface area contributed by atoms with E-state index in [4.69, 9.17) is 0 Å². The molecule has 0 aliphatic carbocycles. The Labute approximate surface area is 98.3 Å². The van der Waals surface area contributed by atoms with E-state index in [1.807, 2.05) is 25.5 Å². The van der Waals surface area contributed by atoms with E-state index < -0.39 is 0 Å². The van der Waals surface area contributed by atoms with Gasteiger partial charge in [-0.1, -0.05) is 35.9 Å². The molecule has 2 nitrogen and oxygen atoms in total. The number of benzene rings is 1. The van der Waals surface area contributed by atoms with Crippen LogP contribution in [0.25, 0.3) is 0 Å². The van der Waals surface area contributed by atoms with Crippen LogP contribution in [0.4, 0.5) is 0 Å². The predicted octanol–water partition coefficient (Wildman–Crippen LogP) is 3.38. The van der Waals surface area contributed by atoms with Crippen LogP contribution in [0.2, 0.25) is 0 Å². The van der Waals surface area contributed by atoms with E-state index in [2.05, 4.69) is 48.0 Å². The summed E-state index contributed by atoms with van der Waals surface area (Å²) >= 11 is 0. The topological polar surface area (TPSA) is 15.6 Å². The highest BCUT2D eigenvalue weighted by Gasteiger charge is 1.91. The van der Waals surface area contributed by atoms with Crippen molar-refractivity contribution in [3.8, 4) is 0 Å². The second-order valence-electron chi connectivity index (χ2n) is 3.75. The van der Waals surface area contributed by atoms with Crippen LogP contribution in [0.15, 0.2) is 41.5 Å². The molecule has 1 rings (SSSR count). The second-order valence-corrected chi connectivity index (χ2v) is 3.75. The molecule has 0 heterocycles. The summed E-state index contributed by atoms with van der Waals surface area (Å²) in [5, 5.41) is 0. The Kier molecular flexibility index (Phi) is 5.34. The van der Waals surface area contributed by atoms with Crippen LogP contribution in [-0.4, -0.2) is 17.8 Å². The lowest BCUT2D eigenvalue weighted by atomic mass is 10.1. The maximum atomic E-state index is 4.41. The lowest BCUT2D eigenvalue weighted by molar-refractivity contribution is 0.602. The molecule has 16 heavy (non-hydrogen) atoms. The largest absolute Gasteiger partial charge is 0.340 e. The fraction of sp³-hybridized carbons (Fsp3) is 0.357. The molecule has 2 heteroatoms. The zero-order chi connectivity index (χ0) is 11.8. The molecule has 0 unspecified atom stereocenters. The first-order valence-electron chi connectivity index (χ1n) is 5.70. The number of rotatable bonds is 5. The summed E-state index contributed by atoms with van der Waals surface area (Å²) in [6, 6.07) is 8.49. The number of allylic oxidation sites excluding steroid dienone is 1. The zero-order valence-corrected chi connectivity index (χ0v) is 10.4. The Hall–Kier alpha value is -1.57. The lowest BCUT2D eigenvalue weighted by Crippen LogP contribution is -2.13. The fourth-order valence-corrected chi connectivity index (χ4v) is 1.36. The summed E-state index contributed by atoms with van der Waals surface area (Å²) in [4.78, 5) is 6.47. The molecular formula is C14H20N2. The molecule has 0 fully saturated rings. The van der Waals surface area contributed by atoms with E-state index in [1.54, 1.807) is 0 Å². The van der Waals surface area contributed by atoms with Crippen molar-refractivity contribution in [2.45, 2.75) is 27.3 Å². The van der Waals surface area contributed by atoms with Gasteiger partial charge in [0.25, 0.3) is 0 Å². The molecular weight excluding hydrogens is 196 g/mol. The summed E-state index contributed by atoms with van der Waals surface area (Å²) < 4.78 is 0. The van der Waals surface area contributed by atoms with Gasteiger partial charge in [0.05, 0.1) is 12.9 Å². The third-order valence-corrected chi connectivity index (χ3v) is 2.33. The van der Waals surface area contributed by atoms with Crippen LogP contribution < -0.4 is 0 Å². The fourth-order valence-electron chi connectivity index (χ4n) is 1.36. The maximum absolute atomic E-state index is 4.41. The standard InChI is InChI=1S/C14H20N2/c1-4-10-16(5-2)12-15-11-14-8-6-13(3)7-9-14/h4,6-10,12H,5,11H2,1-3H3/b10-4-,15-12+. The number of hydrogen-bond acceptors (Lipinski definition) is 1. The highest BCUT2D eigenvalue weighted by Crippen LogP contribution is 2.04. The zero-order valence-electron chi connectivity index (χ0n) is 10.4. The Morgan fingerprint density at radius 1 is 1.25 bits per heavy atom. The highest BCUT2D eigenvalue weighted by atomic mass is 15.1. The third-order valence-electron chi connectivity index (χ3n) is 2.33. The molecule has 0 radical (unpaired) electrons. The Morgan fingerprint density at radius 3 is 2.50 bits per heavy atom. The van der Waals surface area contributed by atoms with Crippen LogP contribution in [-0.2, 0) is 6.54 Å². The van der Waals surface area contributed by atoms with Gasteiger partial charge < -0.3 is 4.90 Å². The van der Waals surface area contributed by atoms with Crippen molar-refractivity contribution >= 4 is 6.34 Å². The summed E-state index contributed by atoms with van der Waals surface area (Å²) in [5.41, 5.74) is 2.54. The van der Waals surface area contributed by atoms with Gasteiger partial charge in [0.15, 0.2) is 0 Å². The van der Waals surface area contributed by atoms with Crippen molar-refractivity contribution in [1.29, 1.82) is 0 Å². The SMILES string of the molecule is C/C=C\N(/C=N/Cc1ccc(C)cc1)CC. The first-order valence-corrected chi connectivity index (χ1v) is 5.70. The molecule has 0 N–H and O–H groups in total. The van der Waals surface area contributed by atoms with E-state index in [1.165, 1.54) is 11.1 Å². The van der Waals surface area contributed by atoms with Crippen LogP contribution in [0.1, 0.15) is 25.0 Å². The van der Waals surface area contributed by atoms with Crippen LogP contribution in [0.3, 0.4) is 0 Å². The monoisotopic (exact) mass is 216 g/mol. The maximum Gasteiger partial charge on any atom is 0.0893 e. The predicted molar refractivity (Wildman–Crippen MR) is 70.6 cm³/mol. The van der Waals surface area contributed by atoms with Gasteiger partial charge in [-0.15, -0.1) is 0 Å². The summed E-state index contributed by atoms with van der Waals surface area (Å²) in [7, 11) is 0. The average Bonchev–Trinajstić information content (AvgIpc) is 2.30. The van der Waals surface area contributed by atoms with Gasteiger partial charge in [0, 0.05) is 12.7 Å². The molecule has 1 aromatic carbocycles. The van der Waals surface area contributed by atoms with Gasteiger partial charge in [0.1, 0.15) is 0 Å². The quantitative estimate of drug-likeness (QED) is 0.544. The molecule has 0 atom stereocenters. The number of aliphatic imine (C=N–C) groups is 1.